The van der Waals surface area contributed by atoms with Gasteiger partial charge < -0.3 is 5.11 Å². The Balaban J connectivity index is 2.35. The highest BCUT2D eigenvalue weighted by molar-refractivity contribution is 5.80. The number of hydrogen-bond acceptors (Lipinski definition) is 3. The van der Waals surface area contributed by atoms with Crippen molar-refractivity contribution >= 4 is 10.9 Å². The van der Waals surface area contributed by atoms with E-state index in [9.17, 15) is 5.11 Å². The van der Waals surface area contributed by atoms with Gasteiger partial charge in [0.2, 0.25) is 0 Å². The van der Waals surface area contributed by atoms with Crippen LogP contribution in [-0.4, -0.2) is 27.6 Å². The number of para-hydroxylation sites is 1. The summed E-state index contributed by atoms with van der Waals surface area (Å²) in [6.45, 7) is 8.07. The van der Waals surface area contributed by atoms with E-state index in [0.717, 1.165) is 23.1 Å². The van der Waals surface area contributed by atoms with Crippen molar-refractivity contribution in [2.45, 2.75) is 33.4 Å². The molecule has 0 aliphatic carbocycles. The van der Waals surface area contributed by atoms with Crippen LogP contribution in [0.25, 0.3) is 10.9 Å². The average molecular weight is 244 g/mol. The molecule has 0 bridgehead atoms. The van der Waals surface area contributed by atoms with E-state index in [-0.39, 0.29) is 5.75 Å². The predicted molar refractivity (Wildman–Crippen MR) is 74.6 cm³/mol. The molecule has 3 heteroatoms. The van der Waals surface area contributed by atoms with Crippen LogP contribution < -0.4 is 0 Å². The zero-order chi connectivity index (χ0) is 13.1. The first kappa shape index (κ1) is 12.8. The zero-order valence-corrected chi connectivity index (χ0v) is 11.2. The van der Waals surface area contributed by atoms with Crippen molar-refractivity contribution in [1.29, 1.82) is 0 Å². The van der Waals surface area contributed by atoms with E-state index in [2.05, 4.69) is 30.7 Å². The van der Waals surface area contributed by atoms with Gasteiger partial charge in [-0.1, -0.05) is 25.1 Å². The maximum absolute atomic E-state index is 10.0. The van der Waals surface area contributed by atoms with E-state index in [4.69, 9.17) is 0 Å². The molecule has 96 valence electrons. The van der Waals surface area contributed by atoms with Crippen LogP contribution in [0.3, 0.4) is 0 Å². The lowest BCUT2D eigenvalue weighted by molar-refractivity contribution is 0.219. The van der Waals surface area contributed by atoms with E-state index in [1.807, 2.05) is 24.3 Å². The Bertz CT molecular complexity index is 537. The summed E-state index contributed by atoms with van der Waals surface area (Å²) >= 11 is 0. The van der Waals surface area contributed by atoms with Gasteiger partial charge in [0.1, 0.15) is 5.75 Å². The Hall–Kier alpha value is -1.61. The van der Waals surface area contributed by atoms with E-state index < -0.39 is 0 Å². The molecule has 0 saturated heterocycles. The molecule has 0 spiro atoms. The fourth-order valence-electron chi connectivity index (χ4n) is 2.11. The minimum absolute atomic E-state index is 0.285. The molecule has 1 heterocycles. The zero-order valence-electron chi connectivity index (χ0n) is 11.2. The van der Waals surface area contributed by atoms with Crippen LogP contribution in [0.4, 0.5) is 0 Å². The molecular formula is C15H20N2O. The summed E-state index contributed by atoms with van der Waals surface area (Å²) < 4.78 is 0. The summed E-state index contributed by atoms with van der Waals surface area (Å²) in [5.74, 6) is 0.285. The lowest BCUT2D eigenvalue weighted by Gasteiger charge is -2.24. The van der Waals surface area contributed by atoms with Crippen molar-refractivity contribution in [2.24, 2.45) is 0 Å². The minimum Gasteiger partial charge on any atom is -0.506 e. The van der Waals surface area contributed by atoms with Gasteiger partial charge in [0.05, 0.1) is 11.2 Å². The fourth-order valence-corrected chi connectivity index (χ4v) is 2.11. The Labute approximate surface area is 108 Å². The van der Waals surface area contributed by atoms with E-state index in [0.29, 0.717) is 12.6 Å². The first-order valence-corrected chi connectivity index (χ1v) is 6.43. The van der Waals surface area contributed by atoms with Gasteiger partial charge in [-0.2, -0.15) is 0 Å². The maximum atomic E-state index is 10.0. The normalized spacial score (nSPS) is 11.6. The lowest BCUT2D eigenvalue weighted by atomic mass is 10.1. The molecule has 0 aliphatic heterocycles. The summed E-state index contributed by atoms with van der Waals surface area (Å²) in [4.78, 5) is 6.83. The molecule has 0 amide bonds. The van der Waals surface area contributed by atoms with Crippen molar-refractivity contribution < 1.29 is 5.11 Å². The Morgan fingerprint density at radius 3 is 2.67 bits per heavy atom. The van der Waals surface area contributed by atoms with Crippen molar-refractivity contribution in [2.75, 3.05) is 6.54 Å². The minimum atomic E-state index is 0.285. The van der Waals surface area contributed by atoms with Crippen LogP contribution in [0.15, 0.2) is 30.3 Å². The van der Waals surface area contributed by atoms with Gasteiger partial charge in [-0.25, -0.2) is 4.98 Å². The number of benzene rings is 1. The van der Waals surface area contributed by atoms with Crippen molar-refractivity contribution in [3.63, 3.8) is 0 Å². The van der Waals surface area contributed by atoms with Crippen molar-refractivity contribution in [3.8, 4) is 5.75 Å². The maximum Gasteiger partial charge on any atom is 0.139 e. The SMILES string of the molecule is CCN(Cc1nc2ccccc2cc1O)C(C)C. The monoisotopic (exact) mass is 244 g/mol. The van der Waals surface area contributed by atoms with E-state index in [1.165, 1.54) is 0 Å². The van der Waals surface area contributed by atoms with Gasteiger partial charge in [-0.05, 0) is 32.5 Å². The predicted octanol–water partition coefficient (Wildman–Crippen LogP) is 3.17. The highest BCUT2D eigenvalue weighted by Crippen LogP contribution is 2.23. The van der Waals surface area contributed by atoms with Gasteiger partial charge in [0, 0.05) is 18.0 Å². The Morgan fingerprint density at radius 2 is 2.00 bits per heavy atom. The smallest absolute Gasteiger partial charge is 0.139 e. The lowest BCUT2D eigenvalue weighted by Crippen LogP contribution is -2.30. The number of fused-ring (bicyclic) bond motifs is 1. The van der Waals surface area contributed by atoms with Crippen LogP contribution in [0.5, 0.6) is 5.75 Å². The first-order valence-electron chi connectivity index (χ1n) is 6.43. The molecule has 18 heavy (non-hydrogen) atoms. The quantitative estimate of drug-likeness (QED) is 0.897. The highest BCUT2D eigenvalue weighted by atomic mass is 16.3. The molecule has 1 N–H and O–H groups in total. The standard InChI is InChI=1S/C15H20N2O/c1-4-17(11(2)3)10-14-15(18)9-12-7-5-6-8-13(12)16-14/h5-9,11,18H,4,10H2,1-3H3. The van der Waals surface area contributed by atoms with Gasteiger partial charge >= 0.3 is 0 Å². The van der Waals surface area contributed by atoms with Gasteiger partial charge in [-0.15, -0.1) is 0 Å². The van der Waals surface area contributed by atoms with Crippen LogP contribution in [-0.2, 0) is 6.54 Å². The van der Waals surface area contributed by atoms with Gasteiger partial charge in [0.15, 0.2) is 0 Å². The molecule has 1 aromatic carbocycles. The molecule has 0 atom stereocenters. The third-order valence-electron chi connectivity index (χ3n) is 3.27. The second-order valence-corrected chi connectivity index (χ2v) is 4.80. The highest BCUT2D eigenvalue weighted by Gasteiger charge is 2.12. The second kappa shape index (κ2) is 5.36. The Morgan fingerprint density at radius 1 is 1.28 bits per heavy atom. The van der Waals surface area contributed by atoms with Crippen molar-refractivity contribution in [3.05, 3.63) is 36.0 Å². The molecule has 0 aliphatic rings. The molecule has 2 rings (SSSR count). The summed E-state index contributed by atoms with van der Waals surface area (Å²) in [7, 11) is 0. The summed E-state index contributed by atoms with van der Waals surface area (Å²) in [5, 5.41) is 11.0. The molecule has 1 aromatic heterocycles. The van der Waals surface area contributed by atoms with Crippen LogP contribution >= 0.6 is 0 Å². The Kier molecular flexibility index (Phi) is 3.82. The van der Waals surface area contributed by atoms with E-state index in [1.54, 1.807) is 6.07 Å². The third-order valence-corrected chi connectivity index (χ3v) is 3.27. The summed E-state index contributed by atoms with van der Waals surface area (Å²) in [5.41, 5.74) is 1.69. The fraction of sp³-hybridized carbons (Fsp3) is 0.400. The van der Waals surface area contributed by atoms with Crippen LogP contribution in [0, 0.1) is 0 Å². The molecule has 2 aromatic rings. The van der Waals surface area contributed by atoms with Gasteiger partial charge in [0.25, 0.3) is 0 Å². The van der Waals surface area contributed by atoms with Crippen molar-refractivity contribution in [1.82, 2.24) is 9.88 Å². The average Bonchev–Trinajstić information content (AvgIpc) is 2.35. The topological polar surface area (TPSA) is 36.4 Å². The first-order chi connectivity index (χ1) is 8.61. The third kappa shape index (κ3) is 2.62. The number of aromatic hydroxyl groups is 1. The molecule has 0 fully saturated rings. The molecule has 3 nitrogen and oxygen atoms in total. The number of rotatable bonds is 4. The molecule has 0 saturated carbocycles. The number of nitrogens with zero attached hydrogens (tertiary/aromatic N) is 2. The number of hydrogen-bond donors (Lipinski definition) is 1. The molecule has 0 unspecified atom stereocenters. The van der Waals surface area contributed by atoms with Crippen LogP contribution in [0.1, 0.15) is 26.5 Å². The van der Waals surface area contributed by atoms with Gasteiger partial charge in [-0.3, -0.25) is 4.90 Å². The molecule has 0 radical (unpaired) electrons. The largest absolute Gasteiger partial charge is 0.506 e. The summed E-state index contributed by atoms with van der Waals surface area (Å²) in [6.07, 6.45) is 0. The van der Waals surface area contributed by atoms with Crippen LogP contribution in [0.2, 0.25) is 0 Å². The summed E-state index contributed by atoms with van der Waals surface area (Å²) in [6, 6.07) is 10.1. The van der Waals surface area contributed by atoms with E-state index >= 15 is 0 Å². The second-order valence-electron chi connectivity index (χ2n) is 4.80. The molecular weight excluding hydrogens is 224 g/mol. The number of pyridine rings is 1. The number of aromatic nitrogens is 1.